The molecule has 1 heterocycles. The summed E-state index contributed by atoms with van der Waals surface area (Å²) in [6.07, 6.45) is 6.54. The molecule has 0 radical (unpaired) electrons. The van der Waals surface area contributed by atoms with Gasteiger partial charge in [0.05, 0.1) is 11.0 Å². The van der Waals surface area contributed by atoms with Crippen LogP contribution in [0.1, 0.15) is 18.9 Å². The zero-order valence-electron chi connectivity index (χ0n) is 8.61. The topological polar surface area (TPSA) is 20.7 Å². The van der Waals surface area contributed by atoms with Crippen LogP contribution in [-0.4, -0.2) is 9.55 Å². The van der Waals surface area contributed by atoms with E-state index in [1.807, 2.05) is 18.2 Å². The van der Waals surface area contributed by atoms with E-state index in [-0.39, 0.29) is 0 Å². The van der Waals surface area contributed by atoms with E-state index in [1.165, 1.54) is 0 Å². The summed E-state index contributed by atoms with van der Waals surface area (Å²) in [5.74, 6) is 0. The van der Waals surface area contributed by atoms with E-state index in [0.717, 1.165) is 33.7 Å². The van der Waals surface area contributed by atoms with Crippen LogP contribution in [0.15, 0.2) is 30.4 Å². The number of aromatic amines is 1. The molecule has 0 atom stereocenters. The molecule has 1 aliphatic rings. The third-order valence-corrected chi connectivity index (χ3v) is 3.56. The molecule has 0 amide bonds. The summed E-state index contributed by atoms with van der Waals surface area (Å²) in [4.78, 5) is 3.21. The normalized spacial score (nSPS) is 16.3. The number of hydrogen-bond acceptors (Lipinski definition) is 1. The molecular weight excluding hydrogens is 240 g/mol. The number of H-pyrrole nitrogens is 1. The molecule has 0 spiro atoms. The number of allylic oxidation sites excluding steroid dienone is 2. The van der Waals surface area contributed by atoms with Crippen LogP contribution in [0.3, 0.4) is 0 Å². The van der Waals surface area contributed by atoms with Crippen LogP contribution >= 0.6 is 23.8 Å². The summed E-state index contributed by atoms with van der Waals surface area (Å²) >= 11 is 11.3. The van der Waals surface area contributed by atoms with Gasteiger partial charge in [0.2, 0.25) is 0 Å². The number of aromatic nitrogens is 2. The molecule has 2 aromatic rings. The van der Waals surface area contributed by atoms with Gasteiger partial charge in [0.15, 0.2) is 4.77 Å². The second kappa shape index (κ2) is 3.75. The van der Waals surface area contributed by atoms with Crippen molar-refractivity contribution < 1.29 is 0 Å². The van der Waals surface area contributed by atoms with Crippen molar-refractivity contribution in [2.24, 2.45) is 0 Å². The van der Waals surface area contributed by atoms with Gasteiger partial charge in [-0.05, 0) is 43.3 Å². The summed E-state index contributed by atoms with van der Waals surface area (Å²) in [6.45, 7) is 0. The molecule has 0 aliphatic heterocycles. The van der Waals surface area contributed by atoms with Crippen molar-refractivity contribution in [3.63, 3.8) is 0 Å². The number of fused-ring (bicyclic) bond motifs is 1. The van der Waals surface area contributed by atoms with E-state index in [0.29, 0.717) is 6.04 Å². The highest BCUT2D eigenvalue weighted by Gasteiger charge is 2.16. The minimum Gasteiger partial charge on any atom is -0.331 e. The SMILES string of the molecule is S=c1[nH]c2cc(Cl)ccc2n1C1CC=CC1. The molecule has 1 aromatic heterocycles. The average Bonchev–Trinajstić information content (AvgIpc) is 2.83. The molecular formula is C12H11ClN2S. The Hall–Kier alpha value is -1.06. The Morgan fingerprint density at radius 1 is 1.31 bits per heavy atom. The van der Waals surface area contributed by atoms with Crippen LogP contribution in [-0.2, 0) is 0 Å². The molecule has 0 fully saturated rings. The largest absolute Gasteiger partial charge is 0.331 e. The summed E-state index contributed by atoms with van der Waals surface area (Å²) in [5.41, 5.74) is 2.16. The van der Waals surface area contributed by atoms with Crippen molar-refractivity contribution in [2.45, 2.75) is 18.9 Å². The van der Waals surface area contributed by atoms with Gasteiger partial charge in [-0.15, -0.1) is 0 Å². The maximum absolute atomic E-state index is 5.96. The van der Waals surface area contributed by atoms with Crippen LogP contribution in [0, 0.1) is 4.77 Å². The first kappa shape index (κ1) is 10.1. The fraction of sp³-hybridized carbons (Fsp3) is 0.250. The molecule has 1 aromatic carbocycles. The lowest BCUT2D eigenvalue weighted by Crippen LogP contribution is -2.04. The molecule has 1 aliphatic carbocycles. The standard InChI is InChI=1S/C12H11ClN2S/c13-8-5-6-11-10(7-8)14-12(16)15(11)9-3-1-2-4-9/h1-2,5-7,9H,3-4H2,(H,14,16). The van der Waals surface area contributed by atoms with Crippen LogP contribution < -0.4 is 0 Å². The molecule has 16 heavy (non-hydrogen) atoms. The number of nitrogens with zero attached hydrogens (tertiary/aromatic N) is 1. The van der Waals surface area contributed by atoms with Gasteiger partial charge >= 0.3 is 0 Å². The second-order valence-corrected chi connectivity index (χ2v) is 4.88. The number of hydrogen-bond donors (Lipinski definition) is 1. The van der Waals surface area contributed by atoms with Gasteiger partial charge in [-0.3, -0.25) is 0 Å². The van der Waals surface area contributed by atoms with Crippen molar-refractivity contribution in [1.82, 2.24) is 9.55 Å². The van der Waals surface area contributed by atoms with Crippen molar-refractivity contribution >= 4 is 34.9 Å². The highest BCUT2D eigenvalue weighted by Crippen LogP contribution is 2.29. The third-order valence-electron chi connectivity index (χ3n) is 3.03. The van der Waals surface area contributed by atoms with Crippen molar-refractivity contribution in [3.8, 4) is 0 Å². The molecule has 0 saturated heterocycles. The summed E-state index contributed by atoms with van der Waals surface area (Å²) in [7, 11) is 0. The molecule has 0 bridgehead atoms. The second-order valence-electron chi connectivity index (χ2n) is 4.06. The first-order valence-electron chi connectivity index (χ1n) is 5.30. The predicted molar refractivity (Wildman–Crippen MR) is 69.5 cm³/mol. The van der Waals surface area contributed by atoms with Crippen LogP contribution in [0.2, 0.25) is 5.02 Å². The molecule has 0 unspecified atom stereocenters. The summed E-state index contributed by atoms with van der Waals surface area (Å²) < 4.78 is 2.98. The quantitative estimate of drug-likeness (QED) is 0.593. The Balaban J connectivity index is 2.23. The predicted octanol–water partition coefficient (Wildman–Crippen LogP) is 4.24. The van der Waals surface area contributed by atoms with Gasteiger partial charge in [0.25, 0.3) is 0 Å². The number of imidazole rings is 1. The number of halogens is 1. The van der Waals surface area contributed by atoms with Crippen LogP contribution in [0.4, 0.5) is 0 Å². The fourth-order valence-electron chi connectivity index (χ4n) is 2.28. The van der Waals surface area contributed by atoms with E-state index in [9.17, 15) is 0 Å². The first-order valence-corrected chi connectivity index (χ1v) is 6.09. The van der Waals surface area contributed by atoms with Crippen LogP contribution in [0.25, 0.3) is 11.0 Å². The lowest BCUT2D eigenvalue weighted by Gasteiger charge is -2.12. The van der Waals surface area contributed by atoms with E-state index in [1.54, 1.807) is 0 Å². The Morgan fingerprint density at radius 3 is 2.81 bits per heavy atom. The van der Waals surface area contributed by atoms with Gasteiger partial charge in [-0.2, -0.15) is 0 Å². The van der Waals surface area contributed by atoms with E-state index in [4.69, 9.17) is 23.8 Å². The zero-order valence-corrected chi connectivity index (χ0v) is 10.2. The monoisotopic (exact) mass is 250 g/mol. The number of benzene rings is 1. The minimum absolute atomic E-state index is 0.461. The van der Waals surface area contributed by atoms with Gasteiger partial charge in [-0.1, -0.05) is 23.8 Å². The zero-order chi connectivity index (χ0) is 11.1. The van der Waals surface area contributed by atoms with Gasteiger partial charge in [0.1, 0.15) is 0 Å². The number of rotatable bonds is 1. The Labute approximate surface area is 104 Å². The Kier molecular flexibility index (Phi) is 2.37. The van der Waals surface area contributed by atoms with Gasteiger partial charge < -0.3 is 9.55 Å². The number of nitrogens with one attached hydrogen (secondary N) is 1. The minimum atomic E-state index is 0.461. The van der Waals surface area contributed by atoms with Crippen LogP contribution in [0.5, 0.6) is 0 Å². The first-order chi connectivity index (χ1) is 7.75. The molecule has 82 valence electrons. The Morgan fingerprint density at radius 2 is 2.06 bits per heavy atom. The van der Waals surface area contributed by atoms with Crippen molar-refractivity contribution in [3.05, 3.63) is 40.1 Å². The summed E-state index contributed by atoms with van der Waals surface area (Å²) in [5, 5.41) is 0.737. The van der Waals surface area contributed by atoms with E-state index in [2.05, 4.69) is 21.7 Å². The third kappa shape index (κ3) is 1.51. The summed E-state index contributed by atoms with van der Waals surface area (Å²) in [6, 6.07) is 6.32. The van der Waals surface area contributed by atoms with Crippen molar-refractivity contribution in [1.29, 1.82) is 0 Å². The molecule has 0 saturated carbocycles. The maximum Gasteiger partial charge on any atom is 0.178 e. The molecule has 4 heteroatoms. The smallest absolute Gasteiger partial charge is 0.178 e. The van der Waals surface area contributed by atoms with Gasteiger partial charge in [-0.25, -0.2) is 0 Å². The fourth-order valence-corrected chi connectivity index (χ4v) is 2.81. The van der Waals surface area contributed by atoms with Gasteiger partial charge in [0, 0.05) is 11.1 Å². The highest BCUT2D eigenvalue weighted by molar-refractivity contribution is 7.71. The maximum atomic E-state index is 5.96. The Bertz CT molecular complexity index is 615. The van der Waals surface area contributed by atoms with E-state index >= 15 is 0 Å². The molecule has 2 nitrogen and oxygen atoms in total. The van der Waals surface area contributed by atoms with E-state index < -0.39 is 0 Å². The van der Waals surface area contributed by atoms with Crippen molar-refractivity contribution in [2.75, 3.05) is 0 Å². The lowest BCUT2D eigenvalue weighted by atomic mass is 10.2. The highest BCUT2D eigenvalue weighted by atomic mass is 35.5. The molecule has 3 rings (SSSR count). The molecule has 1 N–H and O–H groups in total. The average molecular weight is 251 g/mol. The lowest BCUT2D eigenvalue weighted by molar-refractivity contribution is 0.544.